The highest BCUT2D eigenvalue weighted by molar-refractivity contribution is 5.81. The lowest BCUT2D eigenvalue weighted by Gasteiger charge is -2.24. The second kappa shape index (κ2) is 7.63. The first-order chi connectivity index (χ1) is 7.74. The highest BCUT2D eigenvalue weighted by Crippen LogP contribution is 2.26. The van der Waals surface area contributed by atoms with E-state index in [0.717, 1.165) is 6.42 Å². The summed E-state index contributed by atoms with van der Waals surface area (Å²) >= 11 is 0. The van der Waals surface area contributed by atoms with E-state index in [4.69, 9.17) is 10.5 Å². The van der Waals surface area contributed by atoms with E-state index in [-0.39, 0.29) is 11.9 Å². The number of hydrogen-bond acceptors (Lipinski definition) is 3. The van der Waals surface area contributed by atoms with Crippen molar-refractivity contribution in [3.63, 3.8) is 0 Å². The molecule has 1 atom stereocenters. The van der Waals surface area contributed by atoms with Crippen LogP contribution in [0.3, 0.4) is 0 Å². The molecule has 94 valence electrons. The fourth-order valence-electron chi connectivity index (χ4n) is 2.30. The molecule has 1 saturated carbocycles. The minimum atomic E-state index is -0.347. The molecule has 0 aromatic heterocycles. The monoisotopic (exact) mass is 228 g/mol. The highest BCUT2D eigenvalue weighted by Gasteiger charge is 2.20. The lowest BCUT2D eigenvalue weighted by Crippen LogP contribution is -2.43. The largest absolute Gasteiger partial charge is 0.383 e. The van der Waals surface area contributed by atoms with Crippen LogP contribution in [-0.4, -0.2) is 32.2 Å². The van der Waals surface area contributed by atoms with Crippen molar-refractivity contribution in [2.24, 2.45) is 11.7 Å². The van der Waals surface area contributed by atoms with Crippen molar-refractivity contribution in [2.75, 3.05) is 20.3 Å². The molecule has 0 aromatic rings. The lowest BCUT2D eigenvalue weighted by atomic mass is 9.85. The van der Waals surface area contributed by atoms with Crippen LogP contribution in [0, 0.1) is 5.92 Å². The average molecular weight is 228 g/mol. The van der Waals surface area contributed by atoms with Crippen LogP contribution in [0.5, 0.6) is 0 Å². The third kappa shape index (κ3) is 4.94. The maximum Gasteiger partial charge on any atom is 0.237 e. The number of carbonyl (C=O) groups excluding carboxylic acids is 1. The molecule has 0 radical (unpaired) electrons. The van der Waals surface area contributed by atoms with E-state index in [1.54, 1.807) is 7.11 Å². The summed E-state index contributed by atoms with van der Waals surface area (Å²) in [6.45, 7) is 1.09. The molecule has 0 spiro atoms. The van der Waals surface area contributed by atoms with Crippen molar-refractivity contribution < 1.29 is 9.53 Å². The number of rotatable bonds is 6. The van der Waals surface area contributed by atoms with Gasteiger partial charge in [0, 0.05) is 13.7 Å². The Hall–Kier alpha value is -0.610. The fourth-order valence-corrected chi connectivity index (χ4v) is 2.30. The summed E-state index contributed by atoms with van der Waals surface area (Å²) in [6.07, 6.45) is 7.23. The Kier molecular flexibility index (Phi) is 6.42. The highest BCUT2D eigenvalue weighted by atomic mass is 16.5. The van der Waals surface area contributed by atoms with Gasteiger partial charge in [0.05, 0.1) is 12.6 Å². The van der Waals surface area contributed by atoms with E-state index in [0.29, 0.717) is 19.1 Å². The molecule has 4 nitrogen and oxygen atoms in total. The van der Waals surface area contributed by atoms with Crippen LogP contribution in [-0.2, 0) is 9.53 Å². The molecule has 1 aliphatic carbocycles. The maximum atomic E-state index is 11.6. The lowest BCUT2D eigenvalue weighted by molar-refractivity contribution is -0.123. The van der Waals surface area contributed by atoms with Gasteiger partial charge in [0.1, 0.15) is 0 Å². The van der Waals surface area contributed by atoms with Gasteiger partial charge in [-0.2, -0.15) is 0 Å². The van der Waals surface area contributed by atoms with Gasteiger partial charge >= 0.3 is 0 Å². The summed E-state index contributed by atoms with van der Waals surface area (Å²) in [7, 11) is 1.62. The summed E-state index contributed by atoms with van der Waals surface area (Å²) < 4.78 is 4.87. The zero-order valence-electron chi connectivity index (χ0n) is 10.2. The molecule has 1 rings (SSSR count). The first-order valence-electron chi connectivity index (χ1n) is 6.26. The Morgan fingerprint density at radius 1 is 1.44 bits per heavy atom. The van der Waals surface area contributed by atoms with Crippen LogP contribution in [0.1, 0.15) is 38.5 Å². The predicted octanol–water partition coefficient (Wildman–Crippen LogP) is 1.05. The number of carbonyl (C=O) groups is 1. The number of amides is 1. The topological polar surface area (TPSA) is 64.3 Å². The van der Waals surface area contributed by atoms with E-state index in [9.17, 15) is 4.79 Å². The van der Waals surface area contributed by atoms with Crippen LogP contribution < -0.4 is 11.1 Å². The van der Waals surface area contributed by atoms with Gasteiger partial charge in [0.2, 0.25) is 5.91 Å². The normalized spacial score (nSPS) is 19.4. The van der Waals surface area contributed by atoms with Crippen LogP contribution in [0.25, 0.3) is 0 Å². The van der Waals surface area contributed by atoms with Gasteiger partial charge < -0.3 is 15.8 Å². The molecule has 0 bridgehead atoms. The molecule has 3 N–H and O–H groups in total. The number of ether oxygens (including phenoxy) is 1. The summed E-state index contributed by atoms with van der Waals surface area (Å²) in [5, 5.41) is 2.78. The van der Waals surface area contributed by atoms with E-state index >= 15 is 0 Å². The van der Waals surface area contributed by atoms with Gasteiger partial charge in [0.15, 0.2) is 0 Å². The smallest absolute Gasteiger partial charge is 0.237 e. The Morgan fingerprint density at radius 3 is 2.75 bits per heavy atom. The van der Waals surface area contributed by atoms with Crippen molar-refractivity contribution in [3.8, 4) is 0 Å². The van der Waals surface area contributed by atoms with Crippen molar-refractivity contribution in [1.82, 2.24) is 5.32 Å². The Balaban J connectivity index is 2.16. The SMILES string of the molecule is COCCNC(=O)[C@@H](N)CC1CCCCC1. The zero-order chi connectivity index (χ0) is 11.8. The van der Waals surface area contributed by atoms with Crippen LogP contribution in [0.15, 0.2) is 0 Å². The van der Waals surface area contributed by atoms with Crippen molar-refractivity contribution in [1.29, 1.82) is 0 Å². The standard InChI is InChI=1S/C12H24N2O2/c1-16-8-7-14-12(15)11(13)9-10-5-3-2-4-6-10/h10-11H,2-9,13H2,1H3,(H,14,15)/t11-/m0/s1. The molecule has 0 saturated heterocycles. The predicted molar refractivity (Wildman–Crippen MR) is 64.1 cm³/mol. The van der Waals surface area contributed by atoms with Gasteiger partial charge in [0.25, 0.3) is 0 Å². The number of methoxy groups -OCH3 is 1. The molecule has 0 aromatic carbocycles. The van der Waals surface area contributed by atoms with Crippen molar-refractivity contribution in [3.05, 3.63) is 0 Å². The van der Waals surface area contributed by atoms with Crippen molar-refractivity contribution in [2.45, 2.75) is 44.6 Å². The van der Waals surface area contributed by atoms with Gasteiger partial charge in [-0.15, -0.1) is 0 Å². The molecule has 0 heterocycles. The van der Waals surface area contributed by atoms with E-state index in [1.807, 2.05) is 0 Å². The van der Waals surface area contributed by atoms with Crippen LogP contribution in [0.4, 0.5) is 0 Å². The molecule has 1 fully saturated rings. The van der Waals surface area contributed by atoms with E-state index < -0.39 is 0 Å². The first kappa shape index (κ1) is 13.5. The molecular formula is C12H24N2O2. The minimum absolute atomic E-state index is 0.0392. The molecule has 1 aliphatic rings. The quantitative estimate of drug-likeness (QED) is 0.668. The number of nitrogens with one attached hydrogen (secondary N) is 1. The van der Waals surface area contributed by atoms with Gasteiger partial charge in [-0.3, -0.25) is 4.79 Å². The molecular weight excluding hydrogens is 204 g/mol. The Labute approximate surface area is 97.9 Å². The fraction of sp³-hybridized carbons (Fsp3) is 0.917. The summed E-state index contributed by atoms with van der Waals surface area (Å²) in [6, 6.07) is -0.347. The maximum absolute atomic E-state index is 11.6. The van der Waals surface area contributed by atoms with Gasteiger partial charge in [-0.25, -0.2) is 0 Å². The van der Waals surface area contributed by atoms with E-state index in [2.05, 4.69) is 5.32 Å². The summed E-state index contributed by atoms with van der Waals surface area (Å²) in [5.74, 6) is 0.611. The average Bonchev–Trinajstić information content (AvgIpc) is 2.30. The van der Waals surface area contributed by atoms with Crippen LogP contribution in [0.2, 0.25) is 0 Å². The third-order valence-electron chi connectivity index (χ3n) is 3.25. The molecule has 0 unspecified atom stereocenters. The minimum Gasteiger partial charge on any atom is -0.383 e. The number of nitrogens with two attached hydrogens (primary N) is 1. The second-order valence-corrected chi connectivity index (χ2v) is 4.63. The third-order valence-corrected chi connectivity index (χ3v) is 3.25. The van der Waals surface area contributed by atoms with Crippen LogP contribution >= 0.6 is 0 Å². The Morgan fingerprint density at radius 2 is 2.12 bits per heavy atom. The summed E-state index contributed by atoms with van der Waals surface area (Å²) in [4.78, 5) is 11.6. The van der Waals surface area contributed by atoms with Gasteiger partial charge in [-0.05, 0) is 12.3 Å². The molecule has 4 heteroatoms. The molecule has 0 aliphatic heterocycles. The Bertz CT molecular complexity index is 203. The summed E-state index contributed by atoms with van der Waals surface area (Å²) in [5.41, 5.74) is 5.88. The van der Waals surface area contributed by atoms with Gasteiger partial charge in [-0.1, -0.05) is 32.1 Å². The van der Waals surface area contributed by atoms with E-state index in [1.165, 1.54) is 32.1 Å². The first-order valence-corrected chi connectivity index (χ1v) is 6.26. The molecule has 16 heavy (non-hydrogen) atoms. The molecule has 1 amide bonds. The number of hydrogen-bond donors (Lipinski definition) is 2. The zero-order valence-corrected chi connectivity index (χ0v) is 10.2. The second-order valence-electron chi connectivity index (χ2n) is 4.63. The van der Waals surface area contributed by atoms with Crippen molar-refractivity contribution >= 4 is 5.91 Å².